The Hall–Kier alpha value is -2.75. The average molecular weight is 263 g/mol. The largest absolute Gasteiger partial charge is 0.497 e. The molecule has 1 amide bonds. The summed E-state index contributed by atoms with van der Waals surface area (Å²) in [6.45, 7) is -0.616. The van der Waals surface area contributed by atoms with Crippen molar-refractivity contribution in [2.24, 2.45) is 0 Å². The molecule has 1 aromatic rings. The van der Waals surface area contributed by atoms with E-state index in [9.17, 15) is 9.59 Å². The van der Waals surface area contributed by atoms with Crippen LogP contribution in [0.25, 0.3) is 0 Å². The molecular formula is C12H13N3O4. The van der Waals surface area contributed by atoms with Crippen LogP contribution in [0.4, 0.5) is 5.69 Å². The number of ether oxygens (including phenoxy) is 2. The quantitative estimate of drug-likeness (QED) is 0.441. The highest BCUT2D eigenvalue weighted by Gasteiger charge is 2.14. The van der Waals surface area contributed by atoms with Gasteiger partial charge in [-0.05, 0) is 18.2 Å². The number of nitrogens with two attached hydrogens (primary N) is 1. The number of carbonyl (C=O) groups is 2. The first-order valence-corrected chi connectivity index (χ1v) is 5.32. The van der Waals surface area contributed by atoms with Gasteiger partial charge in [0.05, 0.1) is 18.7 Å². The van der Waals surface area contributed by atoms with Crippen LogP contribution in [-0.2, 0) is 9.53 Å². The first-order chi connectivity index (χ1) is 9.08. The second-order valence-corrected chi connectivity index (χ2v) is 3.46. The summed E-state index contributed by atoms with van der Waals surface area (Å²) in [5, 5.41) is 10.5. The first kappa shape index (κ1) is 14.3. The van der Waals surface area contributed by atoms with Crippen molar-refractivity contribution in [3.63, 3.8) is 0 Å². The molecule has 0 aliphatic rings. The Kier molecular flexibility index (Phi) is 5.17. The summed E-state index contributed by atoms with van der Waals surface area (Å²) in [4.78, 5) is 22.9. The molecule has 0 aromatic heterocycles. The van der Waals surface area contributed by atoms with Crippen LogP contribution >= 0.6 is 0 Å². The van der Waals surface area contributed by atoms with Crippen LogP contribution in [0, 0.1) is 11.3 Å². The van der Waals surface area contributed by atoms with Crippen molar-refractivity contribution in [3.8, 4) is 11.8 Å². The van der Waals surface area contributed by atoms with E-state index in [0.717, 1.165) is 0 Å². The highest BCUT2D eigenvalue weighted by atomic mass is 16.5. The average Bonchev–Trinajstić information content (AvgIpc) is 2.43. The van der Waals surface area contributed by atoms with Gasteiger partial charge in [-0.1, -0.05) is 0 Å². The number of nitrogens with zero attached hydrogens (tertiary/aromatic N) is 1. The maximum Gasteiger partial charge on any atom is 0.340 e. The molecule has 0 bridgehead atoms. The van der Waals surface area contributed by atoms with E-state index in [1.807, 2.05) is 0 Å². The standard InChI is InChI=1S/C12H13N3O4/c1-18-8-2-3-10(14)9(6-8)12(17)19-7-11(16)15-5-4-13/h2-3,6H,5,7,14H2,1H3,(H,15,16). The number of benzene rings is 1. The molecule has 7 heteroatoms. The van der Waals surface area contributed by atoms with Crippen LogP contribution in [0.3, 0.4) is 0 Å². The minimum Gasteiger partial charge on any atom is -0.497 e. The summed E-state index contributed by atoms with van der Waals surface area (Å²) in [6, 6.07) is 6.26. The molecule has 19 heavy (non-hydrogen) atoms. The summed E-state index contributed by atoms with van der Waals surface area (Å²) in [7, 11) is 1.45. The molecule has 0 fully saturated rings. The zero-order chi connectivity index (χ0) is 14.3. The van der Waals surface area contributed by atoms with Gasteiger partial charge in [0.15, 0.2) is 6.61 Å². The van der Waals surface area contributed by atoms with Gasteiger partial charge in [-0.2, -0.15) is 5.26 Å². The fourth-order valence-electron chi connectivity index (χ4n) is 1.24. The molecule has 0 saturated carbocycles. The fraction of sp³-hybridized carbons (Fsp3) is 0.250. The van der Waals surface area contributed by atoms with Crippen molar-refractivity contribution >= 4 is 17.6 Å². The Morgan fingerprint density at radius 3 is 2.84 bits per heavy atom. The molecule has 100 valence electrons. The predicted molar refractivity (Wildman–Crippen MR) is 66.3 cm³/mol. The number of amides is 1. The lowest BCUT2D eigenvalue weighted by molar-refractivity contribution is -0.123. The Balaban J connectivity index is 2.63. The number of nitrogens with one attached hydrogen (secondary N) is 1. The van der Waals surface area contributed by atoms with E-state index >= 15 is 0 Å². The van der Waals surface area contributed by atoms with Crippen molar-refractivity contribution < 1.29 is 19.1 Å². The smallest absolute Gasteiger partial charge is 0.340 e. The number of hydrogen-bond donors (Lipinski definition) is 2. The zero-order valence-electron chi connectivity index (χ0n) is 10.3. The van der Waals surface area contributed by atoms with Crippen molar-refractivity contribution in [1.82, 2.24) is 5.32 Å². The second kappa shape index (κ2) is 6.86. The highest BCUT2D eigenvalue weighted by Crippen LogP contribution is 2.20. The number of hydrogen-bond acceptors (Lipinski definition) is 6. The van der Waals surface area contributed by atoms with Crippen LogP contribution in [0.15, 0.2) is 18.2 Å². The third-order valence-electron chi connectivity index (χ3n) is 2.18. The molecule has 0 unspecified atom stereocenters. The van der Waals surface area contributed by atoms with E-state index in [-0.39, 0.29) is 17.8 Å². The number of carbonyl (C=O) groups excluding carboxylic acids is 2. The van der Waals surface area contributed by atoms with Crippen molar-refractivity contribution in [1.29, 1.82) is 5.26 Å². The third kappa shape index (κ3) is 4.20. The van der Waals surface area contributed by atoms with E-state index in [2.05, 4.69) is 5.32 Å². The number of esters is 1. The summed E-state index contributed by atoms with van der Waals surface area (Å²) in [5.41, 5.74) is 5.97. The van der Waals surface area contributed by atoms with Gasteiger partial charge in [0.1, 0.15) is 12.3 Å². The lowest BCUT2D eigenvalue weighted by Crippen LogP contribution is -2.29. The van der Waals surface area contributed by atoms with E-state index in [1.165, 1.54) is 19.2 Å². The van der Waals surface area contributed by atoms with E-state index < -0.39 is 18.5 Å². The summed E-state index contributed by atoms with van der Waals surface area (Å²) >= 11 is 0. The predicted octanol–water partition coefficient (Wildman–Crippen LogP) is 0.0740. The fourth-order valence-corrected chi connectivity index (χ4v) is 1.24. The lowest BCUT2D eigenvalue weighted by Gasteiger charge is -2.08. The Labute approximate surface area is 109 Å². The minimum absolute atomic E-state index is 0.118. The van der Waals surface area contributed by atoms with E-state index in [0.29, 0.717) is 5.75 Å². The van der Waals surface area contributed by atoms with Gasteiger partial charge in [-0.15, -0.1) is 0 Å². The van der Waals surface area contributed by atoms with Crippen LogP contribution < -0.4 is 15.8 Å². The maximum atomic E-state index is 11.7. The number of nitriles is 1. The van der Waals surface area contributed by atoms with Crippen LogP contribution in [0.5, 0.6) is 5.75 Å². The molecule has 0 aliphatic carbocycles. The lowest BCUT2D eigenvalue weighted by atomic mass is 10.2. The molecular weight excluding hydrogens is 250 g/mol. The Morgan fingerprint density at radius 1 is 1.47 bits per heavy atom. The van der Waals surface area contributed by atoms with Crippen LogP contribution in [-0.4, -0.2) is 32.1 Å². The molecule has 0 atom stereocenters. The normalized spacial score (nSPS) is 9.26. The second-order valence-electron chi connectivity index (χ2n) is 3.46. The molecule has 0 saturated heterocycles. The van der Waals surface area contributed by atoms with Gasteiger partial charge in [0.2, 0.25) is 0 Å². The van der Waals surface area contributed by atoms with Gasteiger partial charge >= 0.3 is 5.97 Å². The number of nitrogen functional groups attached to an aromatic ring is 1. The summed E-state index contributed by atoms with van der Waals surface area (Å²) in [6.07, 6.45) is 0. The number of methoxy groups -OCH3 is 1. The molecule has 0 spiro atoms. The topological polar surface area (TPSA) is 114 Å². The Bertz CT molecular complexity index is 522. The van der Waals surface area contributed by atoms with Crippen molar-refractivity contribution in [2.75, 3.05) is 26.0 Å². The molecule has 3 N–H and O–H groups in total. The molecule has 1 aromatic carbocycles. The summed E-state index contributed by atoms with van der Waals surface area (Å²) < 4.78 is 9.73. The summed E-state index contributed by atoms with van der Waals surface area (Å²) in [5.74, 6) is -0.838. The maximum absolute atomic E-state index is 11.7. The zero-order valence-corrected chi connectivity index (χ0v) is 10.3. The van der Waals surface area contributed by atoms with Crippen molar-refractivity contribution in [3.05, 3.63) is 23.8 Å². The van der Waals surface area contributed by atoms with Gasteiger partial charge < -0.3 is 20.5 Å². The molecule has 1 rings (SSSR count). The molecule has 0 aliphatic heterocycles. The van der Waals surface area contributed by atoms with Gasteiger partial charge in [-0.3, -0.25) is 4.79 Å². The highest BCUT2D eigenvalue weighted by molar-refractivity contribution is 5.96. The van der Waals surface area contributed by atoms with Crippen LogP contribution in [0.2, 0.25) is 0 Å². The molecule has 7 nitrogen and oxygen atoms in total. The molecule has 0 radical (unpaired) electrons. The molecule has 0 heterocycles. The van der Waals surface area contributed by atoms with Crippen LogP contribution in [0.1, 0.15) is 10.4 Å². The monoisotopic (exact) mass is 263 g/mol. The third-order valence-corrected chi connectivity index (χ3v) is 2.18. The SMILES string of the molecule is COc1ccc(N)c(C(=O)OCC(=O)NCC#N)c1. The number of anilines is 1. The first-order valence-electron chi connectivity index (χ1n) is 5.32. The van der Waals surface area contributed by atoms with Gasteiger partial charge in [0, 0.05) is 5.69 Å². The Morgan fingerprint density at radius 2 is 2.21 bits per heavy atom. The number of rotatable bonds is 5. The van der Waals surface area contributed by atoms with E-state index in [1.54, 1.807) is 12.1 Å². The minimum atomic E-state index is -0.733. The van der Waals surface area contributed by atoms with Gasteiger partial charge in [0.25, 0.3) is 5.91 Å². The van der Waals surface area contributed by atoms with E-state index in [4.69, 9.17) is 20.5 Å². The van der Waals surface area contributed by atoms with Crippen molar-refractivity contribution in [2.45, 2.75) is 0 Å². The van der Waals surface area contributed by atoms with Gasteiger partial charge in [-0.25, -0.2) is 4.79 Å².